The van der Waals surface area contributed by atoms with Crippen molar-refractivity contribution in [3.05, 3.63) is 83.4 Å². The molecule has 59 heavy (non-hydrogen) atoms. The fraction of sp³-hybridized carbons (Fsp3) is 0.442. The number of carbonyl (C=O) groups is 5. The number of benzene rings is 3. The van der Waals surface area contributed by atoms with Crippen LogP contribution in [0.2, 0.25) is 0 Å². The molecule has 6 rings (SSSR count). The Morgan fingerprint density at radius 3 is 2.20 bits per heavy atom. The topological polar surface area (TPSA) is 221 Å². The summed E-state index contributed by atoms with van der Waals surface area (Å²) in [7, 11) is 0. The SMILES string of the molecule is Cc1ccc(C[C@H](NC(=O)C2CCC(CNC(=O)OC(C)(C)C)CC2)C(=O)Nc2ccc(-c3nn[nH]n3)cc2)cc1-c1ccc(C(=O)NC2CCN(C(=O)O)CC2)cc1. The van der Waals surface area contributed by atoms with Crippen LogP contribution in [0.1, 0.15) is 80.8 Å². The van der Waals surface area contributed by atoms with Crippen LogP contribution >= 0.6 is 0 Å². The van der Waals surface area contributed by atoms with Crippen molar-refractivity contribution < 1.29 is 33.8 Å². The van der Waals surface area contributed by atoms with Crippen molar-refractivity contribution in [2.45, 2.75) is 90.3 Å². The first-order valence-corrected chi connectivity index (χ1v) is 20.1. The number of nitrogens with zero attached hydrogens (tertiary/aromatic N) is 4. The molecule has 1 atom stereocenters. The first-order chi connectivity index (χ1) is 28.2. The molecule has 5 amide bonds. The highest BCUT2D eigenvalue weighted by Crippen LogP contribution is 2.30. The van der Waals surface area contributed by atoms with E-state index < -0.39 is 23.8 Å². The van der Waals surface area contributed by atoms with Gasteiger partial charge in [-0.1, -0.05) is 30.3 Å². The van der Waals surface area contributed by atoms with E-state index in [1.165, 1.54) is 4.90 Å². The average Bonchev–Trinajstić information content (AvgIpc) is 3.76. The molecule has 1 aliphatic heterocycles. The molecule has 312 valence electrons. The summed E-state index contributed by atoms with van der Waals surface area (Å²) in [6.45, 7) is 8.68. The number of carboxylic acid groups (broad SMARTS) is 1. The second-order valence-electron chi connectivity index (χ2n) is 16.4. The van der Waals surface area contributed by atoms with Gasteiger partial charge in [0.2, 0.25) is 17.6 Å². The predicted molar refractivity (Wildman–Crippen MR) is 220 cm³/mol. The van der Waals surface area contributed by atoms with Crippen LogP contribution in [-0.4, -0.2) is 97.9 Å². The number of aryl methyl sites for hydroxylation is 1. The molecule has 0 unspecified atom stereocenters. The minimum absolute atomic E-state index is 0.0958. The number of carbonyl (C=O) groups excluding carboxylic acids is 4. The van der Waals surface area contributed by atoms with Crippen molar-refractivity contribution >= 4 is 35.6 Å². The Balaban J connectivity index is 1.12. The largest absolute Gasteiger partial charge is 0.465 e. The number of rotatable bonds is 12. The summed E-state index contributed by atoms with van der Waals surface area (Å²) < 4.78 is 5.36. The first kappa shape index (κ1) is 42.3. The average molecular weight is 808 g/mol. The maximum Gasteiger partial charge on any atom is 0.407 e. The quantitative estimate of drug-likeness (QED) is 0.102. The fourth-order valence-corrected chi connectivity index (χ4v) is 7.51. The van der Waals surface area contributed by atoms with Crippen LogP contribution in [0, 0.1) is 18.8 Å². The molecule has 2 heterocycles. The van der Waals surface area contributed by atoms with Crippen molar-refractivity contribution in [1.82, 2.24) is 41.5 Å². The lowest BCUT2D eigenvalue weighted by Crippen LogP contribution is -2.48. The number of hydrogen-bond acceptors (Lipinski definition) is 9. The van der Waals surface area contributed by atoms with Gasteiger partial charge in [0.05, 0.1) is 0 Å². The summed E-state index contributed by atoms with van der Waals surface area (Å²) in [5, 5.41) is 35.2. The normalized spacial score (nSPS) is 17.7. The number of tetrazole rings is 1. The Morgan fingerprint density at radius 2 is 1.58 bits per heavy atom. The second kappa shape index (κ2) is 19.0. The van der Waals surface area contributed by atoms with Crippen LogP contribution in [0.4, 0.5) is 15.3 Å². The zero-order chi connectivity index (χ0) is 42.1. The second-order valence-corrected chi connectivity index (χ2v) is 16.4. The van der Waals surface area contributed by atoms with Crippen LogP contribution in [0.25, 0.3) is 22.5 Å². The van der Waals surface area contributed by atoms with Gasteiger partial charge in [-0.15, -0.1) is 10.2 Å². The van der Waals surface area contributed by atoms with Gasteiger partial charge in [-0.3, -0.25) is 14.4 Å². The molecule has 6 N–H and O–H groups in total. The van der Waals surface area contributed by atoms with Gasteiger partial charge in [0.1, 0.15) is 11.6 Å². The minimum Gasteiger partial charge on any atom is -0.465 e. The van der Waals surface area contributed by atoms with Gasteiger partial charge in [-0.2, -0.15) is 5.21 Å². The van der Waals surface area contributed by atoms with E-state index in [0.717, 1.165) is 40.7 Å². The van der Waals surface area contributed by atoms with Gasteiger partial charge in [-0.25, -0.2) is 9.59 Å². The van der Waals surface area contributed by atoms with E-state index in [2.05, 4.69) is 41.9 Å². The number of alkyl carbamates (subject to hydrolysis) is 1. The Kier molecular flexibility index (Phi) is 13.6. The Morgan fingerprint density at radius 1 is 0.898 bits per heavy atom. The van der Waals surface area contributed by atoms with Gasteiger partial charge in [0.25, 0.3) is 5.91 Å². The van der Waals surface area contributed by atoms with Crippen LogP contribution in [-0.2, 0) is 20.7 Å². The molecule has 16 nitrogen and oxygen atoms in total. The number of hydrogen-bond donors (Lipinski definition) is 6. The summed E-state index contributed by atoms with van der Waals surface area (Å²) in [6.07, 6.45) is 2.72. The van der Waals surface area contributed by atoms with Crippen molar-refractivity contribution in [3.8, 4) is 22.5 Å². The highest BCUT2D eigenvalue weighted by Gasteiger charge is 2.31. The van der Waals surface area contributed by atoms with Gasteiger partial charge in [0.15, 0.2) is 0 Å². The minimum atomic E-state index is -0.946. The van der Waals surface area contributed by atoms with Gasteiger partial charge in [0, 0.05) is 54.8 Å². The van der Waals surface area contributed by atoms with Gasteiger partial charge in [-0.05, 0) is 136 Å². The molecule has 2 fully saturated rings. The highest BCUT2D eigenvalue weighted by atomic mass is 16.6. The Hall–Kier alpha value is -6.32. The number of piperidine rings is 1. The summed E-state index contributed by atoms with van der Waals surface area (Å²) in [4.78, 5) is 65.6. The highest BCUT2D eigenvalue weighted by molar-refractivity contribution is 5.98. The molecule has 1 saturated carbocycles. The lowest BCUT2D eigenvalue weighted by Gasteiger charge is -2.30. The smallest absolute Gasteiger partial charge is 0.407 e. The van der Waals surface area contributed by atoms with E-state index in [-0.39, 0.29) is 42.0 Å². The van der Waals surface area contributed by atoms with Gasteiger partial charge >= 0.3 is 12.2 Å². The third-order valence-corrected chi connectivity index (χ3v) is 10.8. The van der Waals surface area contributed by atoms with Gasteiger partial charge < -0.3 is 36.0 Å². The monoisotopic (exact) mass is 807 g/mol. The van der Waals surface area contributed by atoms with E-state index in [0.29, 0.717) is 62.4 Å². The number of ether oxygens (including phenoxy) is 1. The standard InChI is InChI=1S/C43H53N9O7/c1-26-5-6-28(23-35(26)29-11-13-32(14-12-29)38(53)45-34-19-21-52(22-20-34)42(57)58)24-36(40(55)46-33-17-15-30(16-18-33)37-48-50-51-49-37)47-39(54)31-9-7-27(8-10-31)25-44-41(56)59-43(2,3)4/h5-6,11-18,23,27,31,34,36H,7-10,19-22,24-25H2,1-4H3,(H,44,56)(H,45,53)(H,46,55)(H,47,54)(H,57,58)(H,48,49,50,51)/t27?,31?,36-/m0/s1. The molecule has 3 aromatic carbocycles. The number of amides is 5. The molecule has 4 aromatic rings. The number of aromatic amines is 1. The van der Waals surface area contributed by atoms with Crippen molar-refractivity contribution in [3.63, 3.8) is 0 Å². The van der Waals surface area contributed by atoms with Crippen LogP contribution in [0.3, 0.4) is 0 Å². The Labute approximate surface area is 343 Å². The summed E-state index contributed by atoms with van der Waals surface area (Å²) >= 11 is 0. The maximum absolute atomic E-state index is 14.0. The van der Waals surface area contributed by atoms with Crippen molar-refractivity contribution in [1.29, 1.82) is 0 Å². The molecular weight excluding hydrogens is 755 g/mol. The predicted octanol–water partition coefficient (Wildman–Crippen LogP) is 5.71. The van der Waals surface area contributed by atoms with Crippen molar-refractivity contribution in [2.75, 3.05) is 25.0 Å². The molecule has 0 radical (unpaired) electrons. The number of aromatic nitrogens is 4. The first-order valence-electron chi connectivity index (χ1n) is 20.1. The fourth-order valence-electron chi connectivity index (χ4n) is 7.51. The van der Waals surface area contributed by atoms with Crippen molar-refractivity contribution in [2.24, 2.45) is 11.8 Å². The summed E-state index contributed by atoms with van der Waals surface area (Å²) in [5.41, 5.74) is 4.83. The maximum atomic E-state index is 14.0. The zero-order valence-electron chi connectivity index (χ0n) is 33.9. The molecule has 1 saturated heterocycles. The lowest BCUT2D eigenvalue weighted by atomic mass is 9.81. The number of nitrogens with one attached hydrogen (secondary N) is 5. The number of likely N-dealkylation sites (tertiary alicyclic amines) is 1. The number of H-pyrrole nitrogens is 1. The third-order valence-electron chi connectivity index (χ3n) is 10.8. The molecule has 2 aliphatic rings. The van der Waals surface area contributed by atoms with Crippen LogP contribution < -0.4 is 21.3 Å². The summed E-state index contributed by atoms with van der Waals surface area (Å²) in [6, 6.07) is 19.3. The van der Waals surface area contributed by atoms with E-state index in [1.54, 1.807) is 36.4 Å². The van der Waals surface area contributed by atoms with E-state index in [1.807, 2.05) is 58.0 Å². The molecule has 0 spiro atoms. The zero-order valence-corrected chi connectivity index (χ0v) is 33.9. The van der Waals surface area contributed by atoms with E-state index >= 15 is 0 Å². The molecular formula is C43H53N9O7. The van der Waals surface area contributed by atoms with E-state index in [4.69, 9.17) is 4.74 Å². The lowest BCUT2D eigenvalue weighted by molar-refractivity contribution is -0.130. The molecule has 1 aliphatic carbocycles. The molecule has 16 heteroatoms. The Bertz CT molecular complexity index is 2080. The van der Waals surface area contributed by atoms with Crippen LogP contribution in [0.15, 0.2) is 66.7 Å². The molecule has 1 aromatic heterocycles. The summed E-state index contributed by atoms with van der Waals surface area (Å²) in [5.74, 6) is -0.405. The number of anilines is 1. The molecule has 0 bridgehead atoms. The third kappa shape index (κ3) is 11.9. The van der Waals surface area contributed by atoms with E-state index in [9.17, 15) is 29.1 Å². The van der Waals surface area contributed by atoms with Crippen LogP contribution in [0.5, 0.6) is 0 Å².